The Balaban J connectivity index is 1.45. The van der Waals surface area contributed by atoms with Crippen molar-refractivity contribution in [3.05, 3.63) is 82.4 Å². The molecule has 0 aliphatic carbocycles. The minimum absolute atomic E-state index is 0.0385. The van der Waals surface area contributed by atoms with Gasteiger partial charge in [0.15, 0.2) is 5.78 Å². The molecule has 0 saturated heterocycles. The minimum Gasteiger partial charge on any atom is -0.489 e. The van der Waals surface area contributed by atoms with Gasteiger partial charge in [-0.25, -0.2) is 4.98 Å². The molecule has 4 aromatic rings. The van der Waals surface area contributed by atoms with E-state index in [1.165, 1.54) is 6.07 Å². The van der Waals surface area contributed by atoms with Crippen molar-refractivity contribution in [2.24, 2.45) is 5.92 Å². The number of benzene rings is 3. The molecule has 0 spiro atoms. The molecule has 38 heavy (non-hydrogen) atoms. The van der Waals surface area contributed by atoms with E-state index in [0.29, 0.717) is 46.0 Å². The SMILES string of the molecule is CC(C)Oc1ccc(C(=O)C[C@H](CCO)Cc2ccc(-c3nc4ccc(C(F)(F)F)cc4[nH]3)cc2)cc1Cl. The Bertz CT molecular complexity index is 1420. The Morgan fingerprint density at radius 1 is 1.08 bits per heavy atom. The van der Waals surface area contributed by atoms with Crippen LogP contribution < -0.4 is 4.74 Å². The summed E-state index contributed by atoms with van der Waals surface area (Å²) in [7, 11) is 0. The number of ketones is 1. The van der Waals surface area contributed by atoms with Crippen LogP contribution in [0.2, 0.25) is 5.02 Å². The van der Waals surface area contributed by atoms with Gasteiger partial charge in [-0.3, -0.25) is 4.79 Å². The summed E-state index contributed by atoms with van der Waals surface area (Å²) in [6.07, 6.45) is -3.19. The predicted octanol–water partition coefficient (Wildman–Crippen LogP) is 7.50. The van der Waals surface area contributed by atoms with E-state index in [2.05, 4.69) is 9.97 Å². The number of hydrogen-bond acceptors (Lipinski definition) is 4. The van der Waals surface area contributed by atoms with Gasteiger partial charge in [0.05, 0.1) is 27.7 Å². The van der Waals surface area contributed by atoms with E-state index in [1.54, 1.807) is 18.2 Å². The van der Waals surface area contributed by atoms with Gasteiger partial charge in [-0.15, -0.1) is 0 Å². The van der Waals surface area contributed by atoms with Crippen molar-refractivity contribution in [2.45, 2.75) is 45.4 Å². The predicted molar refractivity (Wildman–Crippen MR) is 142 cm³/mol. The van der Waals surface area contributed by atoms with Gasteiger partial charge >= 0.3 is 6.18 Å². The van der Waals surface area contributed by atoms with Crippen LogP contribution >= 0.6 is 11.6 Å². The number of ether oxygens (including phenoxy) is 1. The molecule has 0 amide bonds. The van der Waals surface area contributed by atoms with E-state index in [1.807, 2.05) is 38.1 Å². The molecular weight excluding hydrogens is 517 g/mol. The number of nitrogens with one attached hydrogen (secondary N) is 1. The molecule has 0 saturated carbocycles. The van der Waals surface area contributed by atoms with Crippen molar-refractivity contribution in [3.63, 3.8) is 0 Å². The number of imidazole rings is 1. The first-order chi connectivity index (χ1) is 18.0. The Morgan fingerprint density at radius 3 is 2.45 bits per heavy atom. The number of carbonyl (C=O) groups is 1. The standard InChI is InChI=1S/C29H28ClF3N2O3/c1-17(2)38-27-10-7-21(15-23(27)30)26(37)14-19(11-12-36)13-18-3-5-20(6-4-18)28-34-24-9-8-22(29(31,32)33)16-25(24)35-28/h3-10,15-17,19,36H,11-14H2,1-2H3,(H,34,35)/t19-/m1/s1. The fourth-order valence-corrected chi connectivity index (χ4v) is 4.54. The molecule has 1 atom stereocenters. The molecule has 5 nitrogen and oxygen atoms in total. The van der Waals surface area contributed by atoms with Gasteiger partial charge in [0.1, 0.15) is 11.6 Å². The van der Waals surface area contributed by atoms with E-state index >= 15 is 0 Å². The van der Waals surface area contributed by atoms with Crippen LogP contribution in [0.1, 0.15) is 48.2 Å². The van der Waals surface area contributed by atoms with E-state index in [0.717, 1.165) is 23.3 Å². The quantitative estimate of drug-likeness (QED) is 0.203. The zero-order chi connectivity index (χ0) is 27.4. The summed E-state index contributed by atoms with van der Waals surface area (Å²) in [4.78, 5) is 20.3. The summed E-state index contributed by atoms with van der Waals surface area (Å²) >= 11 is 6.29. The molecule has 9 heteroatoms. The third kappa shape index (κ3) is 6.74. The zero-order valence-corrected chi connectivity index (χ0v) is 21.7. The average molecular weight is 545 g/mol. The normalized spacial score (nSPS) is 12.7. The van der Waals surface area contributed by atoms with E-state index in [9.17, 15) is 23.1 Å². The lowest BCUT2D eigenvalue weighted by Gasteiger charge is -2.16. The molecule has 2 N–H and O–H groups in total. The Hall–Kier alpha value is -3.36. The van der Waals surface area contributed by atoms with E-state index < -0.39 is 11.7 Å². The largest absolute Gasteiger partial charge is 0.489 e. The number of fused-ring (bicyclic) bond motifs is 1. The first-order valence-electron chi connectivity index (χ1n) is 12.3. The molecule has 0 aliphatic heterocycles. The monoisotopic (exact) mass is 544 g/mol. The smallest absolute Gasteiger partial charge is 0.416 e. The van der Waals surface area contributed by atoms with Crippen molar-refractivity contribution in [1.82, 2.24) is 9.97 Å². The molecule has 1 aromatic heterocycles. The number of halogens is 4. The third-order valence-electron chi connectivity index (χ3n) is 6.19. The number of aromatic amines is 1. The molecule has 0 aliphatic rings. The molecule has 3 aromatic carbocycles. The van der Waals surface area contributed by atoms with Crippen LogP contribution in [0.25, 0.3) is 22.4 Å². The lowest BCUT2D eigenvalue weighted by atomic mass is 9.89. The molecular formula is C29H28ClF3N2O3. The Kier molecular flexibility index (Phi) is 8.43. The topological polar surface area (TPSA) is 75.2 Å². The second-order valence-corrected chi connectivity index (χ2v) is 9.94. The fourth-order valence-electron chi connectivity index (χ4n) is 4.32. The molecule has 0 unspecified atom stereocenters. The first-order valence-corrected chi connectivity index (χ1v) is 12.7. The van der Waals surface area contributed by atoms with Crippen LogP contribution in [0.5, 0.6) is 5.75 Å². The van der Waals surface area contributed by atoms with Gasteiger partial charge in [-0.1, -0.05) is 35.9 Å². The number of aliphatic hydroxyl groups is 1. The minimum atomic E-state index is -4.43. The summed E-state index contributed by atoms with van der Waals surface area (Å²) in [5.74, 6) is 0.833. The second-order valence-electron chi connectivity index (χ2n) is 9.53. The van der Waals surface area contributed by atoms with Crippen LogP contribution in [-0.4, -0.2) is 33.6 Å². The highest BCUT2D eigenvalue weighted by molar-refractivity contribution is 6.32. The summed E-state index contributed by atoms with van der Waals surface area (Å²) < 4.78 is 44.7. The average Bonchev–Trinajstić information content (AvgIpc) is 3.28. The van der Waals surface area contributed by atoms with Crippen molar-refractivity contribution in [1.29, 1.82) is 0 Å². The highest BCUT2D eigenvalue weighted by Gasteiger charge is 2.30. The Labute approximate surface area is 223 Å². The molecule has 0 bridgehead atoms. The third-order valence-corrected chi connectivity index (χ3v) is 6.48. The number of aromatic nitrogens is 2. The van der Waals surface area contributed by atoms with Crippen LogP contribution in [0.15, 0.2) is 60.7 Å². The lowest BCUT2D eigenvalue weighted by molar-refractivity contribution is -0.137. The highest BCUT2D eigenvalue weighted by atomic mass is 35.5. The number of nitrogens with zero attached hydrogens (tertiary/aromatic N) is 1. The Morgan fingerprint density at radius 2 is 1.82 bits per heavy atom. The first kappa shape index (κ1) is 27.7. The van der Waals surface area contributed by atoms with Gasteiger partial charge in [-0.05, 0) is 74.6 Å². The van der Waals surface area contributed by atoms with Crippen molar-refractivity contribution < 1.29 is 27.8 Å². The molecule has 0 fully saturated rings. The van der Waals surface area contributed by atoms with Gasteiger partial charge in [0.2, 0.25) is 0 Å². The number of carbonyl (C=O) groups excluding carboxylic acids is 1. The second kappa shape index (κ2) is 11.6. The maximum absolute atomic E-state index is 13.0. The molecule has 4 rings (SSSR count). The summed E-state index contributed by atoms with van der Waals surface area (Å²) in [5, 5.41) is 9.94. The molecule has 200 valence electrons. The lowest BCUT2D eigenvalue weighted by Crippen LogP contribution is -2.13. The van der Waals surface area contributed by atoms with Gasteiger partial charge < -0.3 is 14.8 Å². The molecule has 1 heterocycles. The maximum Gasteiger partial charge on any atom is 0.416 e. The van der Waals surface area contributed by atoms with Gasteiger partial charge in [0, 0.05) is 24.2 Å². The van der Waals surface area contributed by atoms with Crippen LogP contribution in [0.3, 0.4) is 0 Å². The number of hydrogen-bond donors (Lipinski definition) is 2. The maximum atomic E-state index is 13.0. The summed E-state index contributed by atoms with van der Waals surface area (Å²) in [6.45, 7) is 3.74. The van der Waals surface area contributed by atoms with Crippen LogP contribution in [0.4, 0.5) is 13.2 Å². The zero-order valence-electron chi connectivity index (χ0n) is 21.0. The van der Waals surface area contributed by atoms with E-state index in [-0.39, 0.29) is 30.8 Å². The van der Waals surface area contributed by atoms with Gasteiger partial charge in [0.25, 0.3) is 0 Å². The number of aliphatic hydroxyl groups excluding tert-OH is 1. The fraction of sp³-hybridized carbons (Fsp3) is 0.310. The van der Waals surface area contributed by atoms with Gasteiger partial charge in [-0.2, -0.15) is 13.2 Å². The van der Waals surface area contributed by atoms with Crippen molar-refractivity contribution >= 4 is 28.4 Å². The van der Waals surface area contributed by atoms with Crippen LogP contribution in [0, 0.1) is 5.92 Å². The van der Waals surface area contributed by atoms with Crippen molar-refractivity contribution in [3.8, 4) is 17.1 Å². The number of alkyl halides is 3. The summed E-state index contributed by atoms with van der Waals surface area (Å²) in [5.41, 5.74) is 2.21. The molecule has 0 radical (unpaired) electrons. The van der Waals surface area contributed by atoms with E-state index in [4.69, 9.17) is 16.3 Å². The summed E-state index contributed by atoms with van der Waals surface area (Å²) in [6, 6.07) is 15.9. The van der Waals surface area contributed by atoms with Crippen LogP contribution in [-0.2, 0) is 12.6 Å². The highest BCUT2D eigenvalue weighted by Crippen LogP contribution is 2.32. The number of H-pyrrole nitrogens is 1. The number of rotatable bonds is 10. The van der Waals surface area contributed by atoms with Crippen molar-refractivity contribution in [2.75, 3.05) is 6.61 Å². The number of Topliss-reactive ketones (excluding diaryl/α,β-unsaturated/α-hetero) is 1.